The molecule has 2 atom stereocenters. The topological polar surface area (TPSA) is 42.3 Å². The van der Waals surface area contributed by atoms with Gasteiger partial charge in [0.1, 0.15) is 0 Å². The number of aromatic nitrogens is 2. The van der Waals surface area contributed by atoms with E-state index in [0.717, 1.165) is 31.2 Å². The molecule has 0 bridgehead atoms. The largest absolute Gasteiger partial charge is 0.385 e. The lowest BCUT2D eigenvalue weighted by atomic mass is 9.99. The van der Waals surface area contributed by atoms with Gasteiger partial charge in [0, 0.05) is 45.1 Å². The van der Waals surface area contributed by atoms with Crippen molar-refractivity contribution in [2.45, 2.75) is 57.7 Å². The average Bonchev–Trinajstić information content (AvgIpc) is 3.04. The molecule has 5 heteroatoms. The van der Waals surface area contributed by atoms with Gasteiger partial charge >= 0.3 is 0 Å². The van der Waals surface area contributed by atoms with Gasteiger partial charge in [0.05, 0.1) is 5.69 Å². The van der Waals surface area contributed by atoms with Crippen molar-refractivity contribution in [2.24, 2.45) is 0 Å². The minimum Gasteiger partial charge on any atom is -0.385 e. The lowest BCUT2D eigenvalue weighted by molar-refractivity contribution is 0.189. The van der Waals surface area contributed by atoms with Gasteiger partial charge in [-0.3, -0.25) is 4.90 Å². The number of nitrogens with one attached hydrogen (secondary N) is 1. The van der Waals surface area contributed by atoms with Gasteiger partial charge in [0.25, 0.3) is 0 Å². The average molecular weight is 292 g/mol. The zero-order valence-corrected chi connectivity index (χ0v) is 13.3. The highest BCUT2D eigenvalue weighted by Gasteiger charge is 2.35. The smallest absolute Gasteiger partial charge is 0.203 e. The first-order valence-corrected chi connectivity index (χ1v) is 8.31. The van der Waals surface area contributed by atoms with Crippen molar-refractivity contribution in [3.8, 4) is 0 Å². The summed E-state index contributed by atoms with van der Waals surface area (Å²) in [6.45, 7) is 6.37. The van der Waals surface area contributed by atoms with Crippen molar-refractivity contribution in [2.75, 3.05) is 32.1 Å². The molecule has 1 N–H and O–H groups in total. The molecule has 0 saturated carbocycles. The van der Waals surface area contributed by atoms with Gasteiger partial charge in [0.2, 0.25) is 5.95 Å². The number of hydrogen-bond acceptors (Lipinski definition) is 4. The molecular formula is C16H28N4O. The van der Waals surface area contributed by atoms with E-state index in [1.54, 1.807) is 7.11 Å². The molecule has 0 radical (unpaired) electrons. The number of methoxy groups -OCH3 is 1. The van der Waals surface area contributed by atoms with Gasteiger partial charge in [-0.1, -0.05) is 6.42 Å². The van der Waals surface area contributed by atoms with Crippen molar-refractivity contribution < 1.29 is 4.74 Å². The summed E-state index contributed by atoms with van der Waals surface area (Å²) in [5, 5.41) is 3.73. The highest BCUT2D eigenvalue weighted by molar-refractivity contribution is 5.31. The van der Waals surface area contributed by atoms with Crippen molar-refractivity contribution >= 4 is 5.95 Å². The number of ether oxygens (including phenoxy) is 1. The Bertz CT molecular complexity index is 459. The molecule has 5 nitrogen and oxygen atoms in total. The summed E-state index contributed by atoms with van der Waals surface area (Å²) in [4.78, 5) is 7.34. The van der Waals surface area contributed by atoms with Crippen LogP contribution >= 0.6 is 0 Å². The van der Waals surface area contributed by atoms with Gasteiger partial charge in [-0.25, -0.2) is 4.98 Å². The summed E-state index contributed by atoms with van der Waals surface area (Å²) >= 11 is 0. The Morgan fingerprint density at radius 1 is 1.33 bits per heavy atom. The first-order chi connectivity index (χ1) is 10.3. The number of nitrogens with zero attached hydrogens (tertiary/aromatic N) is 3. The van der Waals surface area contributed by atoms with Crippen LogP contribution < -0.4 is 5.32 Å². The highest BCUT2D eigenvalue weighted by atomic mass is 16.5. The van der Waals surface area contributed by atoms with E-state index >= 15 is 0 Å². The van der Waals surface area contributed by atoms with Crippen LogP contribution in [0.15, 0.2) is 6.20 Å². The van der Waals surface area contributed by atoms with E-state index in [1.165, 1.54) is 38.8 Å². The van der Waals surface area contributed by atoms with E-state index in [-0.39, 0.29) is 0 Å². The van der Waals surface area contributed by atoms with Crippen LogP contribution in [0.4, 0.5) is 5.95 Å². The number of aryl methyl sites for hydroxylation is 2. The van der Waals surface area contributed by atoms with E-state index in [0.29, 0.717) is 12.1 Å². The van der Waals surface area contributed by atoms with Crippen LogP contribution in [0, 0.1) is 6.92 Å². The lowest BCUT2D eigenvalue weighted by Gasteiger charge is -2.32. The monoisotopic (exact) mass is 292 g/mol. The third-order valence-corrected chi connectivity index (χ3v) is 4.81. The van der Waals surface area contributed by atoms with Crippen molar-refractivity contribution in [1.29, 1.82) is 0 Å². The zero-order chi connectivity index (χ0) is 14.7. The molecule has 1 aromatic heterocycles. The third-order valence-electron chi connectivity index (χ3n) is 4.81. The van der Waals surface area contributed by atoms with Gasteiger partial charge in [-0.05, 0) is 39.2 Å². The molecule has 118 valence electrons. The van der Waals surface area contributed by atoms with Crippen LogP contribution in [0.25, 0.3) is 0 Å². The van der Waals surface area contributed by atoms with Crippen LogP contribution in [0.3, 0.4) is 0 Å². The molecule has 2 aliphatic heterocycles. The fraction of sp³-hybridized carbons (Fsp3) is 0.812. The molecule has 0 spiro atoms. The van der Waals surface area contributed by atoms with Gasteiger partial charge < -0.3 is 14.6 Å². The maximum atomic E-state index is 5.15. The maximum absolute atomic E-state index is 5.15. The number of imidazole rings is 1. The number of rotatable bonds is 6. The molecule has 0 amide bonds. The normalized spacial score (nSPS) is 26.0. The van der Waals surface area contributed by atoms with Crippen LogP contribution in [0.5, 0.6) is 0 Å². The standard InChI is InChI=1S/C16H28N4O/c1-13-12-20(9-5-11-21-2)16(17-13)18-14-7-10-19-8-4-3-6-15(14)19/h12,14-15H,3-11H2,1-2H3,(H,17,18). The molecule has 3 rings (SSSR count). The Kier molecular flexibility index (Phi) is 4.80. The van der Waals surface area contributed by atoms with Crippen molar-refractivity contribution in [3.63, 3.8) is 0 Å². The van der Waals surface area contributed by atoms with Crippen LogP contribution in [-0.2, 0) is 11.3 Å². The van der Waals surface area contributed by atoms with Crippen molar-refractivity contribution in [1.82, 2.24) is 14.5 Å². The molecule has 1 aromatic rings. The Labute approximate surface area is 127 Å². The molecule has 3 heterocycles. The second-order valence-corrected chi connectivity index (χ2v) is 6.38. The van der Waals surface area contributed by atoms with Crippen LogP contribution in [-0.4, -0.2) is 53.3 Å². The number of fused-ring (bicyclic) bond motifs is 1. The van der Waals surface area contributed by atoms with Crippen LogP contribution in [0.2, 0.25) is 0 Å². The van der Waals surface area contributed by atoms with E-state index < -0.39 is 0 Å². The molecule has 21 heavy (non-hydrogen) atoms. The van der Waals surface area contributed by atoms with E-state index in [4.69, 9.17) is 4.74 Å². The summed E-state index contributed by atoms with van der Waals surface area (Å²) in [5.41, 5.74) is 1.09. The maximum Gasteiger partial charge on any atom is 0.203 e. The van der Waals surface area contributed by atoms with Gasteiger partial charge in [-0.2, -0.15) is 0 Å². The highest BCUT2D eigenvalue weighted by Crippen LogP contribution is 2.29. The summed E-state index contributed by atoms with van der Waals surface area (Å²) in [6.07, 6.45) is 8.50. The van der Waals surface area contributed by atoms with Crippen molar-refractivity contribution in [3.05, 3.63) is 11.9 Å². The Morgan fingerprint density at radius 2 is 2.24 bits per heavy atom. The predicted molar refractivity (Wildman–Crippen MR) is 84.7 cm³/mol. The third kappa shape index (κ3) is 3.40. The molecule has 2 fully saturated rings. The second kappa shape index (κ2) is 6.79. The first kappa shape index (κ1) is 14.9. The molecular weight excluding hydrogens is 264 g/mol. The predicted octanol–water partition coefficient (Wildman–Crippen LogP) is 2.27. The lowest BCUT2D eigenvalue weighted by Crippen LogP contribution is -2.42. The Balaban J connectivity index is 1.64. The Morgan fingerprint density at radius 3 is 3.10 bits per heavy atom. The summed E-state index contributed by atoms with van der Waals surface area (Å²) in [7, 11) is 1.76. The Hall–Kier alpha value is -1.07. The molecule has 2 saturated heterocycles. The van der Waals surface area contributed by atoms with Crippen LogP contribution in [0.1, 0.15) is 37.8 Å². The summed E-state index contributed by atoms with van der Waals surface area (Å²) in [5.74, 6) is 1.04. The van der Waals surface area contributed by atoms with Gasteiger partial charge in [0.15, 0.2) is 0 Å². The quantitative estimate of drug-likeness (QED) is 0.817. The van der Waals surface area contributed by atoms with Gasteiger partial charge in [-0.15, -0.1) is 0 Å². The number of piperidine rings is 1. The first-order valence-electron chi connectivity index (χ1n) is 8.31. The molecule has 0 aliphatic carbocycles. The van der Waals surface area contributed by atoms with E-state index in [9.17, 15) is 0 Å². The second-order valence-electron chi connectivity index (χ2n) is 6.38. The SMILES string of the molecule is COCCCn1cc(C)nc1NC1CCN2CCCCC12. The molecule has 2 unspecified atom stereocenters. The zero-order valence-electron chi connectivity index (χ0n) is 13.3. The minimum absolute atomic E-state index is 0.563. The summed E-state index contributed by atoms with van der Waals surface area (Å²) in [6, 6.07) is 1.27. The fourth-order valence-corrected chi connectivity index (χ4v) is 3.79. The minimum atomic E-state index is 0.563. The number of hydrogen-bond donors (Lipinski definition) is 1. The van der Waals surface area contributed by atoms with E-state index in [1.807, 2.05) is 0 Å². The molecule has 0 aromatic carbocycles. The fourth-order valence-electron chi connectivity index (χ4n) is 3.79. The number of anilines is 1. The molecule has 2 aliphatic rings. The van der Waals surface area contributed by atoms with E-state index in [2.05, 4.69) is 32.9 Å². The summed E-state index contributed by atoms with van der Waals surface area (Å²) < 4.78 is 7.40.